The van der Waals surface area contributed by atoms with E-state index >= 15 is 0 Å². The normalized spacial score (nSPS) is 11.8. The van der Waals surface area contributed by atoms with Crippen LogP contribution in [0.3, 0.4) is 0 Å². The molecule has 32 heavy (non-hydrogen) atoms. The van der Waals surface area contributed by atoms with Gasteiger partial charge in [0, 0.05) is 5.56 Å². The molecule has 0 atom stereocenters. The molecule has 0 fully saturated rings. The highest BCUT2D eigenvalue weighted by Gasteiger charge is 2.38. The van der Waals surface area contributed by atoms with Crippen molar-refractivity contribution < 1.29 is 40.6 Å². The number of pyridine rings is 1. The van der Waals surface area contributed by atoms with Gasteiger partial charge in [0.15, 0.2) is 0 Å². The summed E-state index contributed by atoms with van der Waals surface area (Å²) in [5, 5.41) is 0. The molecule has 0 aliphatic carbocycles. The van der Waals surface area contributed by atoms with Crippen LogP contribution in [0, 0.1) is 0 Å². The van der Waals surface area contributed by atoms with Gasteiger partial charge in [-0.05, 0) is 42.0 Å². The number of benzene rings is 2. The minimum atomic E-state index is -5.05. The van der Waals surface area contributed by atoms with E-state index in [-0.39, 0.29) is 23.7 Å². The van der Waals surface area contributed by atoms with Gasteiger partial charge in [-0.1, -0.05) is 30.3 Å². The number of carbonyl (C=O) groups is 1. The number of ether oxygens (including phenoxy) is 2. The molecule has 1 aromatic heterocycles. The first-order valence-corrected chi connectivity index (χ1v) is 9.14. The molecular weight excluding hydrogens is 440 g/mol. The molecule has 4 nitrogen and oxygen atoms in total. The predicted molar refractivity (Wildman–Crippen MR) is 102 cm³/mol. The molecule has 0 bridgehead atoms. The summed E-state index contributed by atoms with van der Waals surface area (Å²) < 4.78 is 84.7. The number of ketones is 1. The molecular formula is C22H15F6NO3. The number of hydrogen-bond acceptors (Lipinski definition) is 4. The smallest absolute Gasteiger partial charge is 0.487 e. The topological polar surface area (TPSA) is 48.4 Å². The Morgan fingerprint density at radius 3 is 2.09 bits per heavy atom. The standard InChI is InChI=1S/C22H15F6NO3/c23-21(24,25)20(30)12-18-19(31-13-14-4-2-1-3-5-14)11-10-17(29-18)15-6-8-16(9-7-15)32-22(26,27)28/h1-11H,12-13H2. The molecule has 168 valence electrons. The summed E-state index contributed by atoms with van der Waals surface area (Å²) in [7, 11) is 0. The van der Waals surface area contributed by atoms with Crippen molar-refractivity contribution in [3.8, 4) is 22.8 Å². The number of rotatable bonds is 7. The minimum absolute atomic E-state index is 0.00720. The Bertz CT molecular complexity index is 1060. The summed E-state index contributed by atoms with van der Waals surface area (Å²) in [5.74, 6) is -2.47. The van der Waals surface area contributed by atoms with Gasteiger partial charge in [0.1, 0.15) is 18.1 Å². The van der Waals surface area contributed by atoms with E-state index in [1.807, 2.05) is 0 Å². The molecule has 10 heteroatoms. The van der Waals surface area contributed by atoms with Crippen molar-refractivity contribution in [1.29, 1.82) is 0 Å². The van der Waals surface area contributed by atoms with Crippen molar-refractivity contribution in [3.05, 3.63) is 78.0 Å². The Labute approximate surface area is 178 Å². The fourth-order valence-electron chi connectivity index (χ4n) is 2.72. The van der Waals surface area contributed by atoms with Gasteiger partial charge in [0.2, 0.25) is 5.78 Å². The summed E-state index contributed by atoms with van der Waals surface area (Å²) in [6, 6.07) is 16.3. The van der Waals surface area contributed by atoms with E-state index in [0.29, 0.717) is 5.56 Å². The van der Waals surface area contributed by atoms with Crippen LogP contribution in [-0.2, 0) is 17.8 Å². The summed E-state index contributed by atoms with van der Waals surface area (Å²) in [4.78, 5) is 15.6. The highest BCUT2D eigenvalue weighted by molar-refractivity contribution is 5.86. The third-order valence-corrected chi connectivity index (χ3v) is 4.20. The molecule has 0 N–H and O–H groups in total. The Kier molecular flexibility index (Phi) is 6.71. The maximum absolute atomic E-state index is 12.8. The molecule has 0 saturated heterocycles. The monoisotopic (exact) mass is 455 g/mol. The highest BCUT2D eigenvalue weighted by Crippen LogP contribution is 2.29. The molecule has 0 amide bonds. The van der Waals surface area contributed by atoms with Crippen LogP contribution in [0.25, 0.3) is 11.3 Å². The minimum Gasteiger partial charge on any atom is -0.487 e. The van der Waals surface area contributed by atoms with Crippen molar-refractivity contribution in [2.45, 2.75) is 25.6 Å². The Morgan fingerprint density at radius 2 is 1.50 bits per heavy atom. The third-order valence-electron chi connectivity index (χ3n) is 4.20. The van der Waals surface area contributed by atoms with Crippen molar-refractivity contribution in [3.63, 3.8) is 0 Å². The number of alkyl halides is 6. The summed E-state index contributed by atoms with van der Waals surface area (Å²) in [5.41, 5.74) is 0.983. The number of Topliss-reactive ketones (excluding diaryl/α,β-unsaturated/α-hetero) is 1. The molecule has 3 aromatic rings. The average molecular weight is 455 g/mol. The van der Waals surface area contributed by atoms with Crippen molar-refractivity contribution in [1.82, 2.24) is 4.98 Å². The molecule has 0 unspecified atom stereocenters. The Balaban J connectivity index is 1.87. The molecule has 0 aliphatic heterocycles. The third kappa shape index (κ3) is 6.47. The zero-order valence-corrected chi connectivity index (χ0v) is 16.2. The maximum Gasteiger partial charge on any atom is 0.573 e. The van der Waals surface area contributed by atoms with E-state index < -0.39 is 30.5 Å². The van der Waals surface area contributed by atoms with Gasteiger partial charge in [-0.2, -0.15) is 13.2 Å². The number of hydrogen-bond donors (Lipinski definition) is 0. The lowest BCUT2D eigenvalue weighted by Gasteiger charge is -2.14. The van der Waals surface area contributed by atoms with Gasteiger partial charge >= 0.3 is 12.5 Å². The number of nitrogens with zero attached hydrogens (tertiary/aromatic N) is 1. The largest absolute Gasteiger partial charge is 0.573 e. The maximum atomic E-state index is 12.8. The van der Waals surface area contributed by atoms with Crippen LogP contribution in [0.4, 0.5) is 26.3 Å². The number of halogens is 6. The molecule has 0 aliphatic rings. The zero-order valence-electron chi connectivity index (χ0n) is 16.2. The SMILES string of the molecule is O=C(Cc1nc(-c2ccc(OC(F)(F)F)cc2)ccc1OCc1ccccc1)C(F)(F)F. The lowest BCUT2D eigenvalue weighted by atomic mass is 10.1. The lowest BCUT2D eigenvalue weighted by molar-refractivity contribution is -0.274. The summed E-state index contributed by atoms with van der Waals surface area (Å²) >= 11 is 0. The molecule has 2 aromatic carbocycles. The second-order valence-corrected chi connectivity index (χ2v) is 6.59. The predicted octanol–water partition coefficient (Wildman–Crippen LogP) is 5.90. The van der Waals surface area contributed by atoms with Crippen LogP contribution >= 0.6 is 0 Å². The van der Waals surface area contributed by atoms with Gasteiger partial charge in [0.05, 0.1) is 17.8 Å². The van der Waals surface area contributed by atoms with Gasteiger partial charge in [-0.3, -0.25) is 4.79 Å². The molecule has 3 rings (SSSR count). The molecule has 1 heterocycles. The van der Waals surface area contributed by atoms with E-state index in [1.165, 1.54) is 24.3 Å². The number of aromatic nitrogens is 1. The van der Waals surface area contributed by atoms with E-state index in [2.05, 4.69) is 9.72 Å². The molecule has 0 spiro atoms. The van der Waals surface area contributed by atoms with Crippen LogP contribution in [0.2, 0.25) is 0 Å². The second kappa shape index (κ2) is 9.29. The summed E-state index contributed by atoms with van der Waals surface area (Å²) in [6.45, 7) is 0.0402. The summed E-state index contributed by atoms with van der Waals surface area (Å²) in [6.07, 6.45) is -11.0. The Morgan fingerprint density at radius 1 is 0.844 bits per heavy atom. The van der Waals surface area contributed by atoms with Crippen LogP contribution in [0.15, 0.2) is 66.7 Å². The quantitative estimate of drug-likeness (QED) is 0.417. The van der Waals surface area contributed by atoms with Crippen LogP contribution in [-0.4, -0.2) is 23.3 Å². The fourth-order valence-corrected chi connectivity index (χ4v) is 2.72. The Hall–Kier alpha value is -3.56. The van der Waals surface area contributed by atoms with Crippen LogP contribution in [0.1, 0.15) is 11.3 Å². The van der Waals surface area contributed by atoms with E-state index in [4.69, 9.17) is 4.74 Å². The van der Waals surface area contributed by atoms with Crippen LogP contribution in [0.5, 0.6) is 11.5 Å². The van der Waals surface area contributed by atoms with Gasteiger partial charge < -0.3 is 9.47 Å². The van der Waals surface area contributed by atoms with E-state index in [9.17, 15) is 31.1 Å². The number of carbonyl (C=O) groups excluding carboxylic acids is 1. The fraction of sp³-hybridized carbons (Fsp3) is 0.182. The van der Waals surface area contributed by atoms with Gasteiger partial charge in [-0.15, -0.1) is 13.2 Å². The lowest BCUT2D eigenvalue weighted by Crippen LogP contribution is -2.25. The first kappa shape index (κ1) is 23.1. The van der Waals surface area contributed by atoms with Crippen molar-refractivity contribution >= 4 is 5.78 Å². The zero-order chi connectivity index (χ0) is 23.4. The first-order valence-electron chi connectivity index (χ1n) is 9.14. The molecule has 0 radical (unpaired) electrons. The molecule has 0 saturated carbocycles. The van der Waals surface area contributed by atoms with Crippen molar-refractivity contribution in [2.24, 2.45) is 0 Å². The van der Waals surface area contributed by atoms with Gasteiger partial charge in [0.25, 0.3) is 0 Å². The second-order valence-electron chi connectivity index (χ2n) is 6.59. The van der Waals surface area contributed by atoms with E-state index in [1.54, 1.807) is 30.3 Å². The first-order chi connectivity index (χ1) is 15.0. The average Bonchev–Trinajstić information content (AvgIpc) is 2.72. The highest BCUT2D eigenvalue weighted by atomic mass is 19.4. The van der Waals surface area contributed by atoms with Crippen LogP contribution < -0.4 is 9.47 Å². The van der Waals surface area contributed by atoms with Crippen molar-refractivity contribution in [2.75, 3.05) is 0 Å². The van der Waals surface area contributed by atoms with Gasteiger partial charge in [-0.25, -0.2) is 4.98 Å². The van der Waals surface area contributed by atoms with E-state index in [0.717, 1.165) is 17.7 Å².